The number of ether oxygens (including phenoxy) is 3. The number of carbonyl (C=O) groups excluding carboxylic acids is 2. The standard InChI is InChI=1S/C16H25NO5/c1-6-7-16-8-9-21-11(16)10-17(12(16)13(18)20-5)14(19)22-15(2,3)4/h6,11-12H,1,7-10H2,2-5H3/t11-,12+,16-/m0/s1. The van der Waals surface area contributed by atoms with Crippen LogP contribution in [0, 0.1) is 5.41 Å². The summed E-state index contributed by atoms with van der Waals surface area (Å²) in [6.45, 7) is 10.1. The normalized spacial score (nSPS) is 30.8. The third-order valence-corrected chi connectivity index (χ3v) is 4.32. The molecule has 3 atom stereocenters. The highest BCUT2D eigenvalue weighted by Crippen LogP contribution is 2.49. The average Bonchev–Trinajstić information content (AvgIpc) is 2.91. The average molecular weight is 311 g/mol. The van der Waals surface area contributed by atoms with Gasteiger partial charge in [-0.2, -0.15) is 0 Å². The molecule has 2 aliphatic heterocycles. The fourth-order valence-electron chi connectivity index (χ4n) is 3.45. The zero-order chi connectivity index (χ0) is 16.5. The number of amides is 1. The minimum Gasteiger partial charge on any atom is -0.467 e. The molecule has 0 N–H and O–H groups in total. The van der Waals surface area contributed by atoms with E-state index in [9.17, 15) is 9.59 Å². The van der Waals surface area contributed by atoms with Crippen LogP contribution in [0.25, 0.3) is 0 Å². The Labute approximate surface area is 131 Å². The molecule has 0 spiro atoms. The molecule has 0 radical (unpaired) electrons. The third-order valence-electron chi connectivity index (χ3n) is 4.32. The molecule has 0 saturated carbocycles. The molecule has 2 saturated heterocycles. The van der Waals surface area contributed by atoms with Crippen LogP contribution in [0.1, 0.15) is 33.6 Å². The monoisotopic (exact) mass is 311 g/mol. The zero-order valence-corrected chi connectivity index (χ0v) is 13.8. The summed E-state index contributed by atoms with van der Waals surface area (Å²) in [5.41, 5.74) is -1.09. The Bertz CT molecular complexity index is 470. The number of esters is 1. The van der Waals surface area contributed by atoms with E-state index in [0.29, 0.717) is 26.0 Å². The van der Waals surface area contributed by atoms with Crippen LogP contribution in [-0.4, -0.2) is 55.0 Å². The smallest absolute Gasteiger partial charge is 0.411 e. The van der Waals surface area contributed by atoms with Crippen molar-refractivity contribution in [3.05, 3.63) is 12.7 Å². The second kappa shape index (κ2) is 5.91. The maximum Gasteiger partial charge on any atom is 0.411 e. The van der Waals surface area contributed by atoms with Crippen molar-refractivity contribution in [2.75, 3.05) is 20.3 Å². The van der Waals surface area contributed by atoms with Crippen molar-refractivity contribution in [1.29, 1.82) is 0 Å². The van der Waals surface area contributed by atoms with Gasteiger partial charge in [0.1, 0.15) is 11.6 Å². The van der Waals surface area contributed by atoms with Gasteiger partial charge in [-0.3, -0.25) is 4.90 Å². The molecule has 6 heteroatoms. The Kier molecular flexibility index (Phi) is 4.52. The second-order valence-electron chi connectivity index (χ2n) is 6.89. The first-order valence-electron chi connectivity index (χ1n) is 7.55. The van der Waals surface area contributed by atoms with E-state index in [4.69, 9.17) is 14.2 Å². The molecule has 2 fully saturated rings. The van der Waals surface area contributed by atoms with Crippen molar-refractivity contribution < 1.29 is 23.8 Å². The first kappa shape index (κ1) is 16.8. The maximum absolute atomic E-state index is 12.5. The van der Waals surface area contributed by atoms with Gasteiger partial charge in [0, 0.05) is 12.0 Å². The molecule has 0 aliphatic carbocycles. The quantitative estimate of drug-likeness (QED) is 0.590. The highest BCUT2D eigenvalue weighted by molar-refractivity contribution is 5.83. The highest BCUT2D eigenvalue weighted by Gasteiger charge is 2.62. The minimum absolute atomic E-state index is 0.192. The SMILES string of the molecule is C=CC[C@]12CCO[C@H]1CN(C(=O)OC(C)(C)C)[C@@H]2C(=O)OC. The Morgan fingerprint density at radius 2 is 2.14 bits per heavy atom. The fourth-order valence-corrected chi connectivity index (χ4v) is 3.45. The van der Waals surface area contributed by atoms with Gasteiger partial charge in [-0.1, -0.05) is 6.08 Å². The van der Waals surface area contributed by atoms with Crippen LogP contribution in [0.15, 0.2) is 12.7 Å². The molecule has 0 aromatic rings. The van der Waals surface area contributed by atoms with E-state index in [1.54, 1.807) is 26.8 Å². The predicted molar refractivity (Wildman–Crippen MR) is 80.3 cm³/mol. The van der Waals surface area contributed by atoms with Crippen LogP contribution in [0.5, 0.6) is 0 Å². The summed E-state index contributed by atoms with van der Waals surface area (Å²) >= 11 is 0. The van der Waals surface area contributed by atoms with Crippen LogP contribution < -0.4 is 0 Å². The lowest BCUT2D eigenvalue weighted by molar-refractivity contribution is -0.149. The molecule has 2 heterocycles. The Morgan fingerprint density at radius 1 is 1.45 bits per heavy atom. The summed E-state index contributed by atoms with van der Waals surface area (Å²) in [7, 11) is 1.33. The summed E-state index contributed by atoms with van der Waals surface area (Å²) in [6, 6.07) is -0.696. The van der Waals surface area contributed by atoms with Gasteiger partial charge >= 0.3 is 12.1 Å². The number of rotatable bonds is 3. The molecule has 6 nitrogen and oxygen atoms in total. The Morgan fingerprint density at radius 3 is 2.68 bits per heavy atom. The van der Waals surface area contributed by atoms with E-state index in [2.05, 4.69) is 6.58 Å². The predicted octanol–water partition coefficient (Wildman–Crippen LogP) is 2.13. The number of hydrogen-bond donors (Lipinski definition) is 0. The van der Waals surface area contributed by atoms with Gasteiger partial charge in [0.25, 0.3) is 0 Å². The van der Waals surface area contributed by atoms with Crippen LogP contribution in [0.3, 0.4) is 0 Å². The zero-order valence-electron chi connectivity index (χ0n) is 13.8. The molecule has 2 aliphatic rings. The molecule has 22 heavy (non-hydrogen) atoms. The van der Waals surface area contributed by atoms with Gasteiger partial charge in [-0.25, -0.2) is 9.59 Å². The van der Waals surface area contributed by atoms with E-state index < -0.39 is 29.1 Å². The van der Waals surface area contributed by atoms with Crippen molar-refractivity contribution in [1.82, 2.24) is 4.90 Å². The van der Waals surface area contributed by atoms with Gasteiger partial charge in [0.15, 0.2) is 0 Å². The number of likely N-dealkylation sites (tertiary alicyclic amines) is 1. The van der Waals surface area contributed by atoms with Crippen molar-refractivity contribution >= 4 is 12.1 Å². The lowest BCUT2D eigenvalue weighted by atomic mass is 9.74. The van der Waals surface area contributed by atoms with Gasteiger partial charge in [0.05, 0.1) is 19.8 Å². The summed E-state index contributed by atoms with van der Waals surface area (Å²) in [5.74, 6) is -0.430. The number of allylic oxidation sites excluding steroid dienone is 1. The molecule has 124 valence electrons. The highest BCUT2D eigenvalue weighted by atomic mass is 16.6. The molecule has 0 aromatic carbocycles. The molecule has 0 aromatic heterocycles. The first-order chi connectivity index (χ1) is 10.2. The topological polar surface area (TPSA) is 65.1 Å². The van der Waals surface area contributed by atoms with Gasteiger partial charge in [0.2, 0.25) is 0 Å². The number of fused-ring (bicyclic) bond motifs is 1. The molecule has 0 bridgehead atoms. The summed E-state index contributed by atoms with van der Waals surface area (Å²) in [6.07, 6.45) is 2.36. The van der Waals surface area contributed by atoms with E-state index in [1.807, 2.05) is 0 Å². The van der Waals surface area contributed by atoms with Crippen LogP contribution in [0.4, 0.5) is 4.79 Å². The summed E-state index contributed by atoms with van der Waals surface area (Å²) in [4.78, 5) is 26.3. The minimum atomic E-state index is -0.696. The molecular formula is C16H25NO5. The Hall–Kier alpha value is -1.56. The maximum atomic E-state index is 12.5. The van der Waals surface area contributed by atoms with E-state index in [1.165, 1.54) is 12.0 Å². The van der Waals surface area contributed by atoms with Crippen molar-refractivity contribution in [3.8, 4) is 0 Å². The molecule has 1 amide bonds. The molecule has 0 unspecified atom stereocenters. The van der Waals surface area contributed by atoms with Crippen molar-refractivity contribution in [2.24, 2.45) is 5.41 Å². The second-order valence-corrected chi connectivity index (χ2v) is 6.89. The summed E-state index contributed by atoms with van der Waals surface area (Å²) in [5, 5.41) is 0. The Balaban J connectivity index is 2.33. The van der Waals surface area contributed by atoms with Gasteiger partial charge < -0.3 is 14.2 Å². The third kappa shape index (κ3) is 2.84. The molecule has 2 rings (SSSR count). The van der Waals surface area contributed by atoms with Gasteiger partial charge in [-0.15, -0.1) is 6.58 Å². The van der Waals surface area contributed by atoms with Gasteiger partial charge in [-0.05, 0) is 33.6 Å². The van der Waals surface area contributed by atoms with Crippen LogP contribution in [0.2, 0.25) is 0 Å². The number of methoxy groups -OCH3 is 1. The number of hydrogen-bond acceptors (Lipinski definition) is 5. The lowest BCUT2D eigenvalue weighted by Gasteiger charge is -2.34. The summed E-state index contributed by atoms with van der Waals surface area (Å²) < 4.78 is 16.1. The van der Waals surface area contributed by atoms with Crippen LogP contribution in [-0.2, 0) is 19.0 Å². The van der Waals surface area contributed by atoms with Crippen LogP contribution >= 0.6 is 0 Å². The fraction of sp³-hybridized carbons (Fsp3) is 0.750. The first-order valence-corrected chi connectivity index (χ1v) is 7.55. The lowest BCUT2D eigenvalue weighted by Crippen LogP contribution is -2.50. The van der Waals surface area contributed by atoms with E-state index in [-0.39, 0.29) is 6.10 Å². The largest absolute Gasteiger partial charge is 0.467 e. The van der Waals surface area contributed by atoms with Crippen molar-refractivity contribution in [3.63, 3.8) is 0 Å². The van der Waals surface area contributed by atoms with Crippen molar-refractivity contribution in [2.45, 2.75) is 51.4 Å². The number of carbonyl (C=O) groups is 2. The molecular weight excluding hydrogens is 286 g/mol. The van der Waals surface area contributed by atoms with E-state index in [0.717, 1.165) is 0 Å². The van der Waals surface area contributed by atoms with E-state index >= 15 is 0 Å². The number of nitrogens with zero attached hydrogens (tertiary/aromatic N) is 1.